The van der Waals surface area contributed by atoms with Gasteiger partial charge in [-0.25, -0.2) is 0 Å². The Morgan fingerprint density at radius 2 is 1.67 bits per heavy atom. The van der Waals surface area contributed by atoms with E-state index < -0.39 is 25.8 Å². The largest absolute Gasteiger partial charge is 0.497 e. The van der Waals surface area contributed by atoms with E-state index in [1.54, 1.807) is 24.3 Å². The van der Waals surface area contributed by atoms with Crippen LogP contribution in [-0.4, -0.2) is 32.3 Å². The summed E-state index contributed by atoms with van der Waals surface area (Å²) < 4.78 is 68.9. The first-order valence-corrected chi connectivity index (χ1v) is 13.5. The Bertz CT molecular complexity index is 1730. The van der Waals surface area contributed by atoms with E-state index in [0.29, 0.717) is 33.7 Å². The molecule has 0 spiro atoms. The monoisotopic (exact) mass is 570 g/mol. The van der Waals surface area contributed by atoms with Crippen molar-refractivity contribution >= 4 is 11.7 Å². The lowest BCUT2D eigenvalue weighted by Crippen LogP contribution is -2.19. The molecule has 42 heavy (non-hydrogen) atoms. The van der Waals surface area contributed by atoms with Crippen molar-refractivity contribution in [3.05, 3.63) is 124 Å². The van der Waals surface area contributed by atoms with E-state index >= 15 is 0 Å². The molecule has 4 aromatic rings. The Morgan fingerprint density at radius 3 is 2.36 bits per heavy atom. The first kappa shape index (κ1) is 23.0. The van der Waals surface area contributed by atoms with Crippen LogP contribution in [0.2, 0.25) is 0 Å². The Balaban J connectivity index is 1.54. The number of nitrogens with zero attached hydrogens (tertiary/aromatic N) is 1. The van der Waals surface area contributed by atoms with Crippen LogP contribution in [0, 0.1) is 0 Å². The van der Waals surface area contributed by atoms with Crippen LogP contribution in [0.1, 0.15) is 53.4 Å². The molecule has 0 saturated carbocycles. The summed E-state index contributed by atoms with van der Waals surface area (Å²) in [6.07, 6.45) is -1.08. The molecule has 5 rings (SSSR count). The lowest BCUT2D eigenvalue weighted by Gasteiger charge is -2.24. The number of carbonyl (C=O) groups is 1. The topological polar surface area (TPSA) is 75.6 Å². The van der Waals surface area contributed by atoms with E-state index in [4.69, 9.17) is 30.5 Å². The number of carbonyl (C=O) groups excluding carboxylic acids is 1. The number of aliphatic imine (C=N–C) groups is 1. The highest BCUT2D eigenvalue weighted by molar-refractivity contribution is 6.04. The Morgan fingerprint density at radius 1 is 0.929 bits per heavy atom. The average Bonchev–Trinajstić information content (AvgIpc) is 3.02. The van der Waals surface area contributed by atoms with Crippen molar-refractivity contribution in [1.82, 2.24) is 0 Å². The van der Waals surface area contributed by atoms with Crippen LogP contribution in [0.15, 0.2) is 96.0 Å². The second kappa shape index (κ2) is 13.8. The highest BCUT2D eigenvalue weighted by atomic mass is 16.7. The molecule has 1 aliphatic heterocycles. The number of methoxy groups -OCH3 is 2. The quantitative estimate of drug-likeness (QED) is 0.140. The van der Waals surface area contributed by atoms with E-state index in [1.165, 1.54) is 20.1 Å². The predicted molar refractivity (Wildman–Crippen MR) is 161 cm³/mol. The maximum Gasteiger partial charge on any atom is 0.305 e. The van der Waals surface area contributed by atoms with E-state index in [2.05, 4.69) is 4.99 Å². The average molecular weight is 571 g/mol. The molecular weight excluding hydrogens is 530 g/mol. The zero-order chi connectivity index (χ0) is 33.6. The van der Waals surface area contributed by atoms with Crippen LogP contribution < -0.4 is 14.2 Å². The molecule has 1 aliphatic rings. The van der Waals surface area contributed by atoms with Gasteiger partial charge in [-0.15, -0.1) is 0 Å². The van der Waals surface area contributed by atoms with Gasteiger partial charge in [0, 0.05) is 36.7 Å². The summed E-state index contributed by atoms with van der Waals surface area (Å²) in [5.41, 5.74) is 4.39. The summed E-state index contributed by atoms with van der Waals surface area (Å²) in [6, 6.07) is 27.3. The molecule has 0 fully saturated rings. The van der Waals surface area contributed by atoms with Gasteiger partial charge in [0.15, 0.2) is 11.5 Å². The third kappa shape index (κ3) is 7.17. The van der Waals surface area contributed by atoms with Gasteiger partial charge in [0.05, 0.1) is 27.6 Å². The van der Waals surface area contributed by atoms with Gasteiger partial charge in [0.25, 0.3) is 0 Å². The predicted octanol–water partition coefficient (Wildman–Crippen LogP) is 6.65. The first-order chi connectivity index (χ1) is 22.4. The molecule has 0 bridgehead atoms. The van der Waals surface area contributed by atoms with E-state index in [1.807, 2.05) is 60.7 Å². The molecule has 1 unspecified atom stereocenters. The molecule has 0 aromatic heterocycles. The number of esters is 1. The van der Waals surface area contributed by atoms with Crippen molar-refractivity contribution in [2.75, 3.05) is 20.6 Å². The van der Waals surface area contributed by atoms with E-state index in [0.717, 1.165) is 11.1 Å². The number of ether oxygens (including phenoxy) is 5. The van der Waals surface area contributed by atoms with Gasteiger partial charge in [0.1, 0.15) is 12.4 Å². The van der Waals surface area contributed by atoms with Gasteiger partial charge < -0.3 is 23.7 Å². The molecule has 0 saturated heterocycles. The number of hydrogen-bond donors (Lipinski definition) is 0. The number of aryl methyl sites for hydroxylation is 1. The van der Waals surface area contributed by atoms with Gasteiger partial charge in [0.2, 0.25) is 6.29 Å². The molecule has 0 aliphatic carbocycles. The first-order valence-electron chi connectivity index (χ1n) is 16.0. The molecule has 1 heterocycles. The van der Waals surface area contributed by atoms with Crippen molar-refractivity contribution in [2.24, 2.45) is 4.99 Å². The molecule has 0 amide bonds. The molecule has 0 N–H and O–H groups in total. The lowest BCUT2D eigenvalue weighted by atomic mass is 9.91. The minimum atomic E-state index is -2.76. The standard InChI is InChI=1S/C35H35NO6/c1-24(37)42-35(41-23-26-12-8-5-9-13-26)31-20-29(38-2)15-14-27(31)18-32-30-21-34(40-22-25-10-6-4-7-11-25)33(39-3)19-28(30)16-17-36-32/h4-15,19-21,35H,16-18,22-23H2,1-3H3/i3D3,17D2. The third-order valence-corrected chi connectivity index (χ3v) is 6.79. The van der Waals surface area contributed by atoms with Crippen molar-refractivity contribution in [1.29, 1.82) is 0 Å². The summed E-state index contributed by atoms with van der Waals surface area (Å²) in [5, 5.41) is 0. The molecule has 4 aromatic carbocycles. The maximum absolute atomic E-state index is 12.2. The summed E-state index contributed by atoms with van der Waals surface area (Å²) in [4.78, 5) is 16.7. The molecule has 216 valence electrons. The second-order valence-corrected chi connectivity index (χ2v) is 9.71. The van der Waals surface area contributed by atoms with Gasteiger partial charge in [-0.3, -0.25) is 9.79 Å². The number of fused-ring (bicyclic) bond motifs is 1. The minimum Gasteiger partial charge on any atom is -0.497 e. The number of rotatable bonds is 12. The van der Waals surface area contributed by atoms with Gasteiger partial charge in [-0.05, 0) is 52.9 Å². The van der Waals surface area contributed by atoms with Crippen LogP contribution >= 0.6 is 0 Å². The Hall–Kier alpha value is -4.62. The van der Waals surface area contributed by atoms with Crippen molar-refractivity contribution in [3.8, 4) is 17.2 Å². The molecule has 0 radical (unpaired) electrons. The maximum atomic E-state index is 12.2. The van der Waals surface area contributed by atoms with Gasteiger partial charge in [-0.2, -0.15) is 0 Å². The van der Waals surface area contributed by atoms with Crippen LogP contribution in [0.25, 0.3) is 0 Å². The molecule has 7 nitrogen and oxygen atoms in total. The Labute approximate surface area is 253 Å². The minimum absolute atomic E-state index is 0.0221. The highest BCUT2D eigenvalue weighted by Gasteiger charge is 2.24. The zero-order valence-corrected chi connectivity index (χ0v) is 23.5. The SMILES string of the molecule is [2H]C1([2H])Cc2cc(OC([2H])([2H])[2H])c(OCc3ccccc3)cc2C(Cc2ccc(OC)cc2C(OCc2ccccc2)OC(C)=O)=N1. The van der Waals surface area contributed by atoms with Crippen LogP contribution in [0.4, 0.5) is 0 Å². The fourth-order valence-corrected chi connectivity index (χ4v) is 4.70. The van der Waals surface area contributed by atoms with Crippen molar-refractivity contribution in [2.45, 2.75) is 39.3 Å². The summed E-state index contributed by atoms with van der Waals surface area (Å²) in [6.45, 7) is -0.381. The number of benzene rings is 4. The van der Waals surface area contributed by atoms with Gasteiger partial charge in [-0.1, -0.05) is 66.7 Å². The third-order valence-electron chi connectivity index (χ3n) is 6.79. The second-order valence-electron chi connectivity index (χ2n) is 9.71. The molecular formula is C35H35NO6. The normalized spacial score (nSPS) is 16.2. The smallest absolute Gasteiger partial charge is 0.305 e. The molecule has 1 atom stereocenters. The summed E-state index contributed by atoms with van der Waals surface area (Å²) >= 11 is 0. The zero-order valence-electron chi connectivity index (χ0n) is 28.5. The highest BCUT2D eigenvalue weighted by Crippen LogP contribution is 2.35. The number of hydrogen-bond acceptors (Lipinski definition) is 7. The summed E-state index contributed by atoms with van der Waals surface area (Å²) in [7, 11) is -1.23. The van der Waals surface area contributed by atoms with Gasteiger partial charge >= 0.3 is 5.97 Å². The van der Waals surface area contributed by atoms with Crippen LogP contribution in [0.3, 0.4) is 0 Å². The van der Waals surface area contributed by atoms with Crippen LogP contribution in [0.5, 0.6) is 17.2 Å². The fraction of sp³-hybridized carbons (Fsp3) is 0.257. The van der Waals surface area contributed by atoms with E-state index in [9.17, 15) is 4.79 Å². The lowest BCUT2D eigenvalue weighted by molar-refractivity contribution is -0.181. The Kier molecular flexibility index (Phi) is 7.57. The van der Waals surface area contributed by atoms with E-state index in [-0.39, 0.29) is 37.6 Å². The molecule has 7 heteroatoms. The van der Waals surface area contributed by atoms with Crippen LogP contribution in [-0.2, 0) is 40.3 Å². The fourth-order valence-electron chi connectivity index (χ4n) is 4.70. The summed E-state index contributed by atoms with van der Waals surface area (Å²) in [5.74, 6) is 0.119. The van der Waals surface area contributed by atoms with Crippen molar-refractivity contribution in [3.63, 3.8) is 0 Å². The van der Waals surface area contributed by atoms with Crippen molar-refractivity contribution < 1.29 is 35.3 Å².